The van der Waals surface area contributed by atoms with Gasteiger partial charge in [-0.3, -0.25) is 9.59 Å². The molecule has 6 nitrogen and oxygen atoms in total. The van der Waals surface area contributed by atoms with Crippen molar-refractivity contribution >= 4 is 23.9 Å². The molecule has 0 aliphatic rings. The second-order valence-corrected chi connectivity index (χ2v) is 6.52. The van der Waals surface area contributed by atoms with E-state index in [1.54, 1.807) is 0 Å². The van der Waals surface area contributed by atoms with Crippen molar-refractivity contribution in [3.63, 3.8) is 0 Å². The highest BCUT2D eigenvalue weighted by atomic mass is 16.5. The fourth-order valence-electron chi connectivity index (χ4n) is 2.48. The van der Waals surface area contributed by atoms with E-state index in [1.165, 1.54) is 14.0 Å². The van der Waals surface area contributed by atoms with Crippen LogP contribution in [0.15, 0.2) is 36.4 Å². The van der Waals surface area contributed by atoms with Crippen LogP contribution in [0.4, 0.5) is 0 Å². The Kier molecular flexibility index (Phi) is 9.12. The van der Waals surface area contributed by atoms with Crippen LogP contribution in [0, 0.1) is 5.92 Å². The van der Waals surface area contributed by atoms with E-state index in [4.69, 9.17) is 4.74 Å². The Balaban J connectivity index is 2.78. The SMILES string of the molecule is COC(=O)[C@@H](C/C=C/c1ccccc1)NC(=O)[C@H](CC(C)C)NC(C)=O. The minimum Gasteiger partial charge on any atom is -0.467 e. The molecule has 142 valence electrons. The molecule has 2 amide bonds. The van der Waals surface area contributed by atoms with Crippen molar-refractivity contribution < 1.29 is 19.1 Å². The molecule has 0 unspecified atom stereocenters. The smallest absolute Gasteiger partial charge is 0.328 e. The van der Waals surface area contributed by atoms with Crippen molar-refractivity contribution in [1.82, 2.24) is 10.6 Å². The molecule has 26 heavy (non-hydrogen) atoms. The van der Waals surface area contributed by atoms with E-state index in [-0.39, 0.29) is 11.8 Å². The molecular weight excluding hydrogens is 332 g/mol. The van der Waals surface area contributed by atoms with E-state index in [9.17, 15) is 14.4 Å². The van der Waals surface area contributed by atoms with Crippen LogP contribution in [0.1, 0.15) is 39.2 Å². The zero-order valence-corrected chi connectivity index (χ0v) is 15.8. The van der Waals surface area contributed by atoms with Crippen molar-refractivity contribution in [2.24, 2.45) is 5.92 Å². The molecule has 0 radical (unpaired) electrons. The zero-order valence-electron chi connectivity index (χ0n) is 15.8. The maximum atomic E-state index is 12.5. The Morgan fingerprint density at radius 3 is 2.27 bits per heavy atom. The average molecular weight is 360 g/mol. The first kappa shape index (κ1) is 21.4. The van der Waals surface area contributed by atoms with Gasteiger partial charge in [-0.15, -0.1) is 0 Å². The number of ether oxygens (including phenoxy) is 1. The molecule has 1 aromatic carbocycles. The van der Waals surface area contributed by atoms with Gasteiger partial charge in [0.1, 0.15) is 12.1 Å². The molecule has 6 heteroatoms. The van der Waals surface area contributed by atoms with E-state index in [1.807, 2.05) is 56.3 Å². The number of methoxy groups -OCH3 is 1. The molecule has 0 aliphatic carbocycles. The lowest BCUT2D eigenvalue weighted by atomic mass is 10.0. The molecule has 0 heterocycles. The molecule has 2 N–H and O–H groups in total. The van der Waals surface area contributed by atoms with Gasteiger partial charge in [0.15, 0.2) is 0 Å². The van der Waals surface area contributed by atoms with Gasteiger partial charge < -0.3 is 15.4 Å². The Bertz CT molecular complexity index is 626. The summed E-state index contributed by atoms with van der Waals surface area (Å²) in [5.74, 6) is -0.990. The largest absolute Gasteiger partial charge is 0.467 e. The summed E-state index contributed by atoms with van der Waals surface area (Å²) in [5.41, 5.74) is 0.998. The minimum atomic E-state index is -0.809. The third-order valence-electron chi connectivity index (χ3n) is 3.68. The highest BCUT2D eigenvalue weighted by Crippen LogP contribution is 2.08. The number of nitrogens with one attached hydrogen (secondary N) is 2. The van der Waals surface area contributed by atoms with Crippen molar-refractivity contribution in [3.05, 3.63) is 42.0 Å². The molecule has 1 rings (SSSR count). The summed E-state index contributed by atoms with van der Waals surface area (Å²) >= 11 is 0. The normalized spacial score (nSPS) is 13.3. The van der Waals surface area contributed by atoms with Gasteiger partial charge in [-0.05, 0) is 24.3 Å². The Morgan fingerprint density at radius 2 is 1.73 bits per heavy atom. The van der Waals surface area contributed by atoms with Gasteiger partial charge in [0.05, 0.1) is 7.11 Å². The molecule has 1 aromatic rings. The highest BCUT2D eigenvalue weighted by molar-refractivity contribution is 5.90. The standard InChI is InChI=1S/C20H28N2O4/c1-14(2)13-18(21-15(3)23)19(24)22-17(20(25)26-4)12-8-11-16-9-6-5-7-10-16/h5-11,14,17-18H,12-13H2,1-4H3,(H,21,23)(H,22,24)/b11-8+/t17-,18+/m1/s1. The van der Waals surface area contributed by atoms with Crippen LogP contribution in [-0.4, -0.2) is 37.0 Å². The Labute approximate surface area is 155 Å². The third-order valence-corrected chi connectivity index (χ3v) is 3.68. The van der Waals surface area contributed by atoms with Gasteiger partial charge in [0, 0.05) is 6.92 Å². The predicted molar refractivity (Wildman–Crippen MR) is 101 cm³/mol. The maximum Gasteiger partial charge on any atom is 0.328 e. The monoisotopic (exact) mass is 360 g/mol. The fraction of sp³-hybridized carbons (Fsp3) is 0.450. The molecule has 0 bridgehead atoms. The molecular formula is C20H28N2O4. The first-order chi connectivity index (χ1) is 12.3. The topological polar surface area (TPSA) is 84.5 Å². The first-order valence-electron chi connectivity index (χ1n) is 8.70. The number of esters is 1. The van der Waals surface area contributed by atoms with Crippen molar-refractivity contribution in [3.8, 4) is 0 Å². The van der Waals surface area contributed by atoms with E-state index < -0.39 is 24.0 Å². The number of carbonyl (C=O) groups excluding carboxylic acids is 3. The third kappa shape index (κ3) is 7.96. The molecule has 0 saturated carbocycles. The Morgan fingerprint density at radius 1 is 1.08 bits per heavy atom. The van der Waals surface area contributed by atoms with Crippen molar-refractivity contribution in [1.29, 1.82) is 0 Å². The molecule has 0 aliphatic heterocycles. The summed E-state index contributed by atoms with van der Waals surface area (Å²) in [6.45, 7) is 5.28. The Hall–Kier alpha value is -2.63. The van der Waals surface area contributed by atoms with Gasteiger partial charge in [0.25, 0.3) is 0 Å². The van der Waals surface area contributed by atoms with Crippen LogP contribution in [0.2, 0.25) is 0 Å². The van der Waals surface area contributed by atoms with Gasteiger partial charge in [-0.25, -0.2) is 4.79 Å². The lowest BCUT2D eigenvalue weighted by Gasteiger charge is -2.22. The lowest BCUT2D eigenvalue weighted by molar-refractivity contribution is -0.145. The molecule has 0 spiro atoms. The summed E-state index contributed by atoms with van der Waals surface area (Å²) in [6, 6.07) is 8.15. The van der Waals surface area contributed by atoms with E-state index in [0.717, 1.165) is 5.56 Å². The maximum absolute atomic E-state index is 12.5. The number of rotatable bonds is 9. The second-order valence-electron chi connectivity index (χ2n) is 6.52. The van der Waals surface area contributed by atoms with Crippen LogP contribution in [0.5, 0.6) is 0 Å². The van der Waals surface area contributed by atoms with Gasteiger partial charge in [-0.2, -0.15) is 0 Å². The van der Waals surface area contributed by atoms with Gasteiger partial charge >= 0.3 is 5.97 Å². The van der Waals surface area contributed by atoms with Crippen LogP contribution in [-0.2, 0) is 19.1 Å². The summed E-state index contributed by atoms with van der Waals surface area (Å²) in [5, 5.41) is 5.32. The minimum absolute atomic E-state index is 0.215. The van der Waals surface area contributed by atoms with E-state index in [0.29, 0.717) is 12.8 Å². The van der Waals surface area contributed by atoms with E-state index >= 15 is 0 Å². The van der Waals surface area contributed by atoms with Crippen molar-refractivity contribution in [2.45, 2.75) is 45.7 Å². The number of benzene rings is 1. The van der Waals surface area contributed by atoms with Crippen LogP contribution < -0.4 is 10.6 Å². The quantitative estimate of drug-likeness (QED) is 0.662. The average Bonchev–Trinajstić information content (AvgIpc) is 2.59. The summed E-state index contributed by atoms with van der Waals surface area (Å²) in [6.07, 6.45) is 4.47. The van der Waals surface area contributed by atoms with Crippen LogP contribution in [0.3, 0.4) is 0 Å². The number of hydrogen-bond donors (Lipinski definition) is 2. The van der Waals surface area contributed by atoms with Crippen molar-refractivity contribution in [2.75, 3.05) is 7.11 Å². The first-order valence-corrected chi connectivity index (χ1v) is 8.70. The summed E-state index contributed by atoms with van der Waals surface area (Å²) in [7, 11) is 1.28. The molecule has 0 saturated heterocycles. The summed E-state index contributed by atoms with van der Waals surface area (Å²) < 4.78 is 4.78. The number of hydrogen-bond acceptors (Lipinski definition) is 4. The molecule has 2 atom stereocenters. The van der Waals surface area contributed by atoms with Crippen LogP contribution in [0.25, 0.3) is 6.08 Å². The molecule has 0 fully saturated rings. The van der Waals surface area contributed by atoms with Crippen LogP contribution >= 0.6 is 0 Å². The van der Waals surface area contributed by atoms with E-state index in [2.05, 4.69) is 10.6 Å². The summed E-state index contributed by atoms with van der Waals surface area (Å²) in [4.78, 5) is 35.9. The molecule has 0 aromatic heterocycles. The fourth-order valence-corrected chi connectivity index (χ4v) is 2.48. The van der Waals surface area contributed by atoms with Gasteiger partial charge in [0.2, 0.25) is 11.8 Å². The lowest BCUT2D eigenvalue weighted by Crippen LogP contribution is -2.51. The predicted octanol–water partition coefficient (Wildman–Crippen LogP) is 2.30. The van der Waals surface area contributed by atoms with Gasteiger partial charge in [-0.1, -0.05) is 56.3 Å². The number of amides is 2. The zero-order chi connectivity index (χ0) is 19.5. The second kappa shape index (κ2) is 11.1. The highest BCUT2D eigenvalue weighted by Gasteiger charge is 2.26. The number of carbonyl (C=O) groups is 3.